The first-order chi connectivity index (χ1) is 9.17. The van der Waals surface area contributed by atoms with Crippen LogP contribution in [0.15, 0.2) is 16.7 Å². The molecule has 0 spiro atoms. The molecule has 0 bridgehead atoms. The Labute approximate surface area is 112 Å². The van der Waals surface area contributed by atoms with Gasteiger partial charge in [-0.25, -0.2) is 4.98 Å². The highest BCUT2D eigenvalue weighted by Gasteiger charge is 2.05. The molecule has 0 saturated heterocycles. The van der Waals surface area contributed by atoms with Gasteiger partial charge in [0.25, 0.3) is 0 Å². The van der Waals surface area contributed by atoms with Crippen LogP contribution in [0.5, 0.6) is 5.88 Å². The summed E-state index contributed by atoms with van der Waals surface area (Å²) in [6.07, 6.45) is 0.948. The van der Waals surface area contributed by atoms with Crippen molar-refractivity contribution in [3.8, 4) is 5.88 Å². The van der Waals surface area contributed by atoms with Crippen LogP contribution in [0.3, 0.4) is 0 Å². The van der Waals surface area contributed by atoms with E-state index in [1.165, 1.54) is 0 Å². The van der Waals surface area contributed by atoms with Crippen LogP contribution in [0.2, 0.25) is 0 Å². The minimum atomic E-state index is 0.498. The topological polar surface area (TPSA) is 73.1 Å². The molecular weight excluding hydrogens is 244 g/mol. The van der Waals surface area contributed by atoms with Gasteiger partial charge in [0.05, 0.1) is 18.8 Å². The second kappa shape index (κ2) is 6.17. The van der Waals surface area contributed by atoms with E-state index in [-0.39, 0.29) is 0 Å². The lowest BCUT2D eigenvalue weighted by atomic mass is 10.4. The molecule has 0 aliphatic carbocycles. The SMILES string of the molecule is CCCOc1cc(C)nc(NCc2cc(C)no2)n1. The molecule has 0 aliphatic heterocycles. The van der Waals surface area contributed by atoms with Crippen LogP contribution in [0, 0.1) is 13.8 Å². The number of nitrogens with one attached hydrogen (secondary N) is 1. The van der Waals surface area contributed by atoms with Crippen LogP contribution < -0.4 is 10.1 Å². The van der Waals surface area contributed by atoms with Crippen molar-refractivity contribution in [1.29, 1.82) is 0 Å². The number of ether oxygens (including phenoxy) is 1. The summed E-state index contributed by atoms with van der Waals surface area (Å²) < 4.78 is 10.6. The second-order valence-electron chi connectivity index (χ2n) is 4.31. The molecule has 2 aromatic rings. The lowest BCUT2D eigenvalue weighted by molar-refractivity contribution is 0.305. The third-order valence-electron chi connectivity index (χ3n) is 2.38. The van der Waals surface area contributed by atoms with Crippen LogP contribution in [-0.4, -0.2) is 21.7 Å². The van der Waals surface area contributed by atoms with Crippen molar-refractivity contribution in [2.45, 2.75) is 33.7 Å². The van der Waals surface area contributed by atoms with E-state index >= 15 is 0 Å². The summed E-state index contributed by atoms with van der Waals surface area (Å²) in [5, 5.41) is 6.92. The maximum absolute atomic E-state index is 5.51. The summed E-state index contributed by atoms with van der Waals surface area (Å²) in [5.41, 5.74) is 1.71. The Morgan fingerprint density at radius 1 is 1.21 bits per heavy atom. The van der Waals surface area contributed by atoms with Crippen LogP contribution in [-0.2, 0) is 6.54 Å². The fraction of sp³-hybridized carbons (Fsp3) is 0.462. The van der Waals surface area contributed by atoms with Crippen LogP contribution in [0.4, 0.5) is 5.95 Å². The first kappa shape index (κ1) is 13.3. The Morgan fingerprint density at radius 3 is 2.74 bits per heavy atom. The summed E-state index contributed by atoms with van der Waals surface area (Å²) in [7, 11) is 0. The van der Waals surface area contributed by atoms with E-state index in [9.17, 15) is 0 Å². The summed E-state index contributed by atoms with van der Waals surface area (Å²) in [6.45, 7) is 6.99. The third kappa shape index (κ3) is 3.94. The van der Waals surface area contributed by atoms with Gasteiger partial charge in [-0.15, -0.1) is 0 Å². The molecule has 0 aromatic carbocycles. The van der Waals surface area contributed by atoms with Crippen molar-refractivity contribution in [3.63, 3.8) is 0 Å². The lowest BCUT2D eigenvalue weighted by Gasteiger charge is -2.07. The van der Waals surface area contributed by atoms with Crippen LogP contribution in [0.25, 0.3) is 0 Å². The molecule has 0 saturated carbocycles. The predicted octanol–water partition coefficient (Wildman–Crippen LogP) is 2.48. The highest BCUT2D eigenvalue weighted by Crippen LogP contribution is 2.13. The Kier molecular flexibility index (Phi) is 4.33. The molecule has 6 heteroatoms. The maximum Gasteiger partial charge on any atom is 0.226 e. The Hall–Kier alpha value is -2.11. The molecule has 0 fully saturated rings. The van der Waals surface area contributed by atoms with Crippen molar-refractivity contribution >= 4 is 5.95 Å². The largest absolute Gasteiger partial charge is 0.478 e. The molecule has 1 N–H and O–H groups in total. The van der Waals surface area contributed by atoms with Gasteiger partial charge < -0.3 is 14.6 Å². The Morgan fingerprint density at radius 2 is 2.05 bits per heavy atom. The molecule has 102 valence electrons. The molecule has 0 unspecified atom stereocenters. The molecule has 6 nitrogen and oxygen atoms in total. The molecule has 2 heterocycles. The van der Waals surface area contributed by atoms with Gasteiger partial charge in [0, 0.05) is 17.8 Å². The van der Waals surface area contributed by atoms with Gasteiger partial charge in [0.1, 0.15) is 0 Å². The normalized spacial score (nSPS) is 10.5. The minimum Gasteiger partial charge on any atom is -0.478 e. The monoisotopic (exact) mass is 262 g/mol. The van der Waals surface area contributed by atoms with Crippen molar-refractivity contribution in [1.82, 2.24) is 15.1 Å². The van der Waals surface area contributed by atoms with Gasteiger partial charge in [0.15, 0.2) is 5.76 Å². The smallest absolute Gasteiger partial charge is 0.226 e. The summed E-state index contributed by atoms with van der Waals surface area (Å²) in [4.78, 5) is 8.59. The molecule has 0 atom stereocenters. The van der Waals surface area contributed by atoms with E-state index in [2.05, 4.69) is 27.4 Å². The highest BCUT2D eigenvalue weighted by molar-refractivity contribution is 5.31. The van der Waals surface area contributed by atoms with E-state index in [0.717, 1.165) is 23.6 Å². The number of anilines is 1. The Balaban J connectivity index is 2.01. The highest BCUT2D eigenvalue weighted by atomic mass is 16.5. The number of hydrogen-bond acceptors (Lipinski definition) is 6. The first-order valence-electron chi connectivity index (χ1n) is 6.32. The van der Waals surface area contributed by atoms with E-state index < -0.39 is 0 Å². The number of hydrogen-bond donors (Lipinski definition) is 1. The zero-order chi connectivity index (χ0) is 13.7. The zero-order valence-corrected chi connectivity index (χ0v) is 11.4. The van der Waals surface area contributed by atoms with Crippen LogP contribution >= 0.6 is 0 Å². The van der Waals surface area contributed by atoms with E-state index in [4.69, 9.17) is 9.26 Å². The molecule has 2 rings (SSSR count). The average Bonchev–Trinajstić information content (AvgIpc) is 2.79. The summed E-state index contributed by atoms with van der Waals surface area (Å²) in [5.74, 6) is 1.87. The van der Waals surface area contributed by atoms with Crippen molar-refractivity contribution < 1.29 is 9.26 Å². The van der Waals surface area contributed by atoms with Gasteiger partial charge in [-0.1, -0.05) is 12.1 Å². The molecule has 19 heavy (non-hydrogen) atoms. The number of nitrogens with zero attached hydrogens (tertiary/aromatic N) is 3. The minimum absolute atomic E-state index is 0.498. The zero-order valence-electron chi connectivity index (χ0n) is 11.4. The van der Waals surface area contributed by atoms with Gasteiger partial charge in [-0.05, 0) is 20.3 Å². The van der Waals surface area contributed by atoms with Crippen molar-refractivity contribution in [3.05, 3.63) is 29.3 Å². The fourth-order valence-electron chi connectivity index (χ4n) is 1.57. The third-order valence-corrected chi connectivity index (χ3v) is 2.38. The van der Waals surface area contributed by atoms with E-state index in [1.807, 2.05) is 26.0 Å². The quantitative estimate of drug-likeness (QED) is 0.862. The molecule has 2 aromatic heterocycles. The van der Waals surface area contributed by atoms with Gasteiger partial charge in [0.2, 0.25) is 11.8 Å². The lowest BCUT2D eigenvalue weighted by Crippen LogP contribution is -2.06. The van der Waals surface area contributed by atoms with Gasteiger partial charge in [-0.2, -0.15) is 4.98 Å². The van der Waals surface area contributed by atoms with Gasteiger partial charge >= 0.3 is 0 Å². The van der Waals surface area contributed by atoms with E-state index in [1.54, 1.807) is 0 Å². The number of aryl methyl sites for hydroxylation is 2. The average molecular weight is 262 g/mol. The number of aromatic nitrogens is 3. The van der Waals surface area contributed by atoms with Crippen LogP contribution in [0.1, 0.15) is 30.5 Å². The second-order valence-corrected chi connectivity index (χ2v) is 4.31. The number of rotatable bonds is 6. The maximum atomic E-state index is 5.51. The van der Waals surface area contributed by atoms with E-state index in [0.29, 0.717) is 25.0 Å². The molecule has 0 aliphatic rings. The molecular formula is C13H18N4O2. The fourth-order valence-corrected chi connectivity index (χ4v) is 1.57. The van der Waals surface area contributed by atoms with Gasteiger partial charge in [-0.3, -0.25) is 0 Å². The standard InChI is InChI=1S/C13H18N4O2/c1-4-5-18-12-7-9(2)15-13(16-12)14-8-11-6-10(3)17-19-11/h6-7H,4-5,8H2,1-3H3,(H,14,15,16). The molecule has 0 amide bonds. The predicted molar refractivity (Wildman–Crippen MR) is 71.1 cm³/mol. The Bertz CT molecular complexity index is 539. The summed E-state index contributed by atoms with van der Waals surface area (Å²) in [6, 6.07) is 3.69. The van der Waals surface area contributed by atoms with Crippen molar-refractivity contribution in [2.75, 3.05) is 11.9 Å². The first-order valence-corrected chi connectivity index (χ1v) is 6.32. The molecule has 0 radical (unpaired) electrons. The van der Waals surface area contributed by atoms with Crippen molar-refractivity contribution in [2.24, 2.45) is 0 Å². The summed E-state index contributed by atoms with van der Waals surface area (Å²) >= 11 is 0.